The normalized spacial score (nSPS) is 20.6. The molecule has 1 aromatic rings. The summed E-state index contributed by atoms with van der Waals surface area (Å²) in [4.78, 5) is 18.7. The molecule has 1 saturated carbocycles. The molecular weight excluding hydrogens is 288 g/mol. The van der Waals surface area contributed by atoms with E-state index < -0.39 is 0 Å². The minimum Gasteiger partial charge on any atom is -0.490 e. The van der Waals surface area contributed by atoms with Crippen LogP contribution in [0.1, 0.15) is 50.0 Å². The lowest BCUT2D eigenvalue weighted by molar-refractivity contribution is 0.0646. The SMILES string of the molecule is CC1(C)CCCN1C(=O)c1ccc(OCC2CC2)c(Cl)n1. The number of carbonyl (C=O) groups is 1. The molecule has 2 heterocycles. The van der Waals surface area contributed by atoms with Crippen LogP contribution in [-0.4, -0.2) is 34.5 Å². The Bertz CT molecular complexity index is 555. The fraction of sp³-hybridized carbons (Fsp3) is 0.625. The summed E-state index contributed by atoms with van der Waals surface area (Å²) in [6.07, 6.45) is 4.52. The number of hydrogen-bond acceptors (Lipinski definition) is 3. The van der Waals surface area contributed by atoms with E-state index in [-0.39, 0.29) is 16.6 Å². The quantitative estimate of drug-likeness (QED) is 0.799. The zero-order valence-corrected chi connectivity index (χ0v) is 13.3. The fourth-order valence-corrected chi connectivity index (χ4v) is 2.97. The second-order valence-electron chi connectivity index (χ2n) is 6.61. The van der Waals surface area contributed by atoms with Crippen molar-refractivity contribution >= 4 is 17.5 Å². The number of likely N-dealkylation sites (tertiary alicyclic amines) is 1. The third-order valence-electron chi connectivity index (χ3n) is 4.35. The average Bonchev–Trinajstić information content (AvgIpc) is 3.19. The third-order valence-corrected chi connectivity index (χ3v) is 4.62. The highest BCUT2D eigenvalue weighted by atomic mass is 35.5. The van der Waals surface area contributed by atoms with Crippen LogP contribution in [0.25, 0.3) is 0 Å². The smallest absolute Gasteiger partial charge is 0.272 e. The zero-order chi connectivity index (χ0) is 15.0. The number of pyridine rings is 1. The molecule has 114 valence electrons. The lowest BCUT2D eigenvalue weighted by Gasteiger charge is -2.31. The van der Waals surface area contributed by atoms with Crippen LogP contribution in [0.5, 0.6) is 5.75 Å². The van der Waals surface area contributed by atoms with Crippen LogP contribution >= 0.6 is 11.6 Å². The van der Waals surface area contributed by atoms with Crippen molar-refractivity contribution in [2.24, 2.45) is 5.92 Å². The van der Waals surface area contributed by atoms with Crippen molar-refractivity contribution in [1.29, 1.82) is 0 Å². The molecule has 2 aliphatic rings. The van der Waals surface area contributed by atoms with Gasteiger partial charge in [-0.25, -0.2) is 4.98 Å². The van der Waals surface area contributed by atoms with Crippen molar-refractivity contribution < 1.29 is 9.53 Å². The van der Waals surface area contributed by atoms with E-state index in [4.69, 9.17) is 16.3 Å². The van der Waals surface area contributed by atoms with Crippen LogP contribution < -0.4 is 4.74 Å². The number of carbonyl (C=O) groups excluding carboxylic acids is 1. The summed E-state index contributed by atoms with van der Waals surface area (Å²) in [5.74, 6) is 1.18. The van der Waals surface area contributed by atoms with E-state index >= 15 is 0 Å². The van der Waals surface area contributed by atoms with E-state index in [1.807, 2.05) is 4.90 Å². The van der Waals surface area contributed by atoms with Gasteiger partial charge in [0, 0.05) is 12.1 Å². The van der Waals surface area contributed by atoms with Crippen molar-refractivity contribution in [3.63, 3.8) is 0 Å². The summed E-state index contributed by atoms with van der Waals surface area (Å²) in [7, 11) is 0. The topological polar surface area (TPSA) is 42.4 Å². The molecule has 5 heteroatoms. The molecule has 1 amide bonds. The molecule has 21 heavy (non-hydrogen) atoms. The predicted octanol–water partition coefficient (Wildman–Crippen LogP) is 3.54. The average molecular weight is 309 g/mol. The number of halogens is 1. The number of rotatable bonds is 4. The Morgan fingerprint density at radius 3 is 2.81 bits per heavy atom. The maximum atomic E-state index is 12.6. The number of hydrogen-bond donors (Lipinski definition) is 0. The maximum Gasteiger partial charge on any atom is 0.272 e. The fourth-order valence-electron chi connectivity index (χ4n) is 2.76. The van der Waals surface area contributed by atoms with Crippen LogP contribution in [0.15, 0.2) is 12.1 Å². The Kier molecular flexibility index (Phi) is 3.82. The van der Waals surface area contributed by atoms with E-state index in [2.05, 4.69) is 18.8 Å². The first kappa shape index (κ1) is 14.6. The largest absolute Gasteiger partial charge is 0.490 e. The van der Waals surface area contributed by atoms with Crippen LogP contribution in [0.2, 0.25) is 5.15 Å². The van der Waals surface area contributed by atoms with Gasteiger partial charge in [0.2, 0.25) is 0 Å². The molecular formula is C16H21ClN2O2. The molecule has 1 aromatic heterocycles. The number of ether oxygens (including phenoxy) is 1. The Hall–Kier alpha value is -1.29. The summed E-state index contributed by atoms with van der Waals surface area (Å²) in [5.41, 5.74) is 0.292. The number of amides is 1. The van der Waals surface area contributed by atoms with Gasteiger partial charge in [-0.05, 0) is 57.6 Å². The second-order valence-corrected chi connectivity index (χ2v) is 6.97. The molecule has 0 N–H and O–H groups in total. The van der Waals surface area contributed by atoms with Crippen molar-refractivity contribution in [2.75, 3.05) is 13.2 Å². The minimum absolute atomic E-state index is 0.0480. The van der Waals surface area contributed by atoms with E-state index in [1.54, 1.807) is 12.1 Å². The molecule has 4 nitrogen and oxygen atoms in total. The molecule has 2 fully saturated rings. The highest BCUT2D eigenvalue weighted by molar-refractivity contribution is 6.31. The summed E-state index contributed by atoms with van der Waals surface area (Å²) in [6.45, 7) is 5.65. The molecule has 0 atom stereocenters. The standard InChI is InChI=1S/C16H21ClN2O2/c1-16(2)8-3-9-19(16)15(20)12-6-7-13(14(17)18-12)21-10-11-4-5-11/h6-7,11H,3-5,8-10H2,1-2H3. The molecule has 3 rings (SSSR count). The molecule has 1 aliphatic carbocycles. The summed E-state index contributed by atoms with van der Waals surface area (Å²) in [6, 6.07) is 3.47. The van der Waals surface area contributed by atoms with Gasteiger partial charge in [0.1, 0.15) is 5.69 Å². The molecule has 0 spiro atoms. The van der Waals surface area contributed by atoms with Crippen molar-refractivity contribution in [3.8, 4) is 5.75 Å². The molecule has 1 aliphatic heterocycles. The van der Waals surface area contributed by atoms with Gasteiger partial charge in [0.05, 0.1) is 6.61 Å². The van der Waals surface area contributed by atoms with Gasteiger partial charge >= 0.3 is 0 Å². The van der Waals surface area contributed by atoms with Crippen LogP contribution in [0.3, 0.4) is 0 Å². The summed E-state index contributed by atoms with van der Waals surface area (Å²) in [5, 5.41) is 0.276. The van der Waals surface area contributed by atoms with Crippen LogP contribution in [-0.2, 0) is 0 Å². The van der Waals surface area contributed by atoms with Crippen molar-refractivity contribution in [3.05, 3.63) is 23.0 Å². The van der Waals surface area contributed by atoms with Crippen LogP contribution in [0.4, 0.5) is 0 Å². The lowest BCUT2D eigenvalue weighted by Crippen LogP contribution is -2.42. The van der Waals surface area contributed by atoms with E-state index in [9.17, 15) is 4.79 Å². The molecule has 0 aromatic carbocycles. The first-order valence-corrected chi connectivity index (χ1v) is 7.96. The lowest BCUT2D eigenvalue weighted by atomic mass is 10.0. The van der Waals surface area contributed by atoms with Gasteiger partial charge in [0.15, 0.2) is 10.9 Å². The Labute approximate surface area is 130 Å². The highest BCUT2D eigenvalue weighted by Gasteiger charge is 2.36. The minimum atomic E-state index is -0.105. The van der Waals surface area contributed by atoms with E-state index in [1.165, 1.54) is 12.8 Å². The monoisotopic (exact) mass is 308 g/mol. The van der Waals surface area contributed by atoms with Gasteiger partial charge in [0.25, 0.3) is 5.91 Å². The van der Waals surface area contributed by atoms with E-state index in [0.717, 1.165) is 19.4 Å². The van der Waals surface area contributed by atoms with Gasteiger partial charge < -0.3 is 9.64 Å². The van der Waals surface area contributed by atoms with Gasteiger partial charge in [-0.2, -0.15) is 0 Å². The first-order valence-electron chi connectivity index (χ1n) is 7.59. The Balaban J connectivity index is 1.73. The second kappa shape index (κ2) is 5.48. The summed E-state index contributed by atoms with van der Waals surface area (Å²) < 4.78 is 5.64. The number of nitrogens with zero attached hydrogens (tertiary/aromatic N) is 2. The number of aromatic nitrogens is 1. The predicted molar refractivity (Wildman–Crippen MR) is 81.8 cm³/mol. The molecule has 0 unspecified atom stereocenters. The Morgan fingerprint density at radius 2 is 2.24 bits per heavy atom. The van der Waals surface area contributed by atoms with Gasteiger partial charge in [-0.3, -0.25) is 4.79 Å². The molecule has 1 saturated heterocycles. The Morgan fingerprint density at radius 1 is 1.48 bits per heavy atom. The van der Waals surface area contributed by atoms with Crippen molar-refractivity contribution in [2.45, 2.75) is 45.1 Å². The van der Waals surface area contributed by atoms with E-state index in [0.29, 0.717) is 24.0 Å². The zero-order valence-electron chi connectivity index (χ0n) is 12.6. The maximum absolute atomic E-state index is 12.6. The van der Waals surface area contributed by atoms with Gasteiger partial charge in [-0.15, -0.1) is 0 Å². The van der Waals surface area contributed by atoms with Gasteiger partial charge in [-0.1, -0.05) is 11.6 Å². The third kappa shape index (κ3) is 3.15. The highest BCUT2D eigenvalue weighted by Crippen LogP contribution is 2.32. The van der Waals surface area contributed by atoms with Crippen molar-refractivity contribution in [1.82, 2.24) is 9.88 Å². The molecule has 0 radical (unpaired) electrons. The molecule has 0 bridgehead atoms. The summed E-state index contributed by atoms with van der Waals surface area (Å²) >= 11 is 6.15. The first-order chi connectivity index (χ1) is 9.97. The van der Waals surface area contributed by atoms with Crippen LogP contribution in [0, 0.1) is 5.92 Å².